The first-order valence-corrected chi connectivity index (χ1v) is 7.33. The Balaban J connectivity index is 2.28. The summed E-state index contributed by atoms with van der Waals surface area (Å²) in [5, 5.41) is 3.14. The van der Waals surface area contributed by atoms with Crippen molar-refractivity contribution in [1.29, 1.82) is 0 Å². The van der Waals surface area contributed by atoms with E-state index in [2.05, 4.69) is 18.8 Å². The molecule has 0 aliphatic carbocycles. The topological polar surface area (TPSA) is 46.2 Å². The fourth-order valence-corrected chi connectivity index (χ4v) is 3.67. The van der Waals surface area contributed by atoms with Crippen molar-refractivity contribution in [2.24, 2.45) is 0 Å². The molecule has 88 valence electrons. The second-order valence-electron chi connectivity index (χ2n) is 4.31. The minimum absolute atomic E-state index is 0.149. The van der Waals surface area contributed by atoms with Crippen LogP contribution in [0, 0.1) is 0 Å². The molecule has 0 bridgehead atoms. The van der Waals surface area contributed by atoms with Gasteiger partial charge in [-0.2, -0.15) is 0 Å². The van der Waals surface area contributed by atoms with Gasteiger partial charge in [0.05, 0.1) is 11.0 Å². The van der Waals surface area contributed by atoms with Crippen molar-refractivity contribution in [3.05, 3.63) is 12.7 Å². The maximum Gasteiger partial charge on any atom is 0.154 e. The molecule has 3 nitrogen and oxygen atoms in total. The van der Waals surface area contributed by atoms with E-state index in [1.807, 2.05) is 6.08 Å². The van der Waals surface area contributed by atoms with Crippen LogP contribution in [0.2, 0.25) is 0 Å². The van der Waals surface area contributed by atoms with Gasteiger partial charge in [-0.1, -0.05) is 6.08 Å². The highest BCUT2D eigenvalue weighted by Gasteiger charge is 2.30. The van der Waals surface area contributed by atoms with E-state index in [0.717, 1.165) is 25.7 Å². The van der Waals surface area contributed by atoms with Gasteiger partial charge in [-0.15, -0.1) is 6.58 Å². The van der Waals surface area contributed by atoms with Crippen molar-refractivity contribution in [3.8, 4) is 0 Å². The van der Waals surface area contributed by atoms with Crippen molar-refractivity contribution in [3.63, 3.8) is 0 Å². The second kappa shape index (κ2) is 5.66. The largest absolute Gasteiger partial charge is 0.313 e. The van der Waals surface area contributed by atoms with Crippen molar-refractivity contribution in [2.45, 2.75) is 43.9 Å². The first-order valence-electron chi connectivity index (χ1n) is 5.62. The number of rotatable bonds is 6. The lowest BCUT2D eigenvalue weighted by Gasteiger charge is -2.16. The minimum atomic E-state index is -2.79. The predicted molar refractivity (Wildman–Crippen MR) is 63.7 cm³/mol. The minimum Gasteiger partial charge on any atom is -0.313 e. The summed E-state index contributed by atoms with van der Waals surface area (Å²) in [5.41, 5.74) is 0. The maximum absolute atomic E-state index is 11.5. The van der Waals surface area contributed by atoms with Crippen molar-refractivity contribution in [2.75, 3.05) is 12.3 Å². The Morgan fingerprint density at radius 3 is 2.87 bits per heavy atom. The van der Waals surface area contributed by atoms with Crippen LogP contribution in [-0.4, -0.2) is 32.0 Å². The lowest BCUT2D eigenvalue weighted by Crippen LogP contribution is -2.35. The molecule has 0 aromatic rings. The Labute approximate surface area is 92.9 Å². The van der Waals surface area contributed by atoms with Gasteiger partial charge in [-0.05, 0) is 32.6 Å². The molecule has 2 atom stereocenters. The molecule has 1 aliphatic heterocycles. The number of sulfone groups is 1. The standard InChI is InChI=1S/C11H21NO2S/c1-3-4-6-10(2)12-9-11-7-5-8-15(11,13)14/h3,10-12H,1,4-9H2,2H3/t10-,11-/m1/s1. The average Bonchev–Trinajstić information content (AvgIpc) is 2.51. The monoisotopic (exact) mass is 231 g/mol. The van der Waals surface area contributed by atoms with Crippen LogP contribution in [0.25, 0.3) is 0 Å². The van der Waals surface area contributed by atoms with Crippen LogP contribution in [0.5, 0.6) is 0 Å². The van der Waals surface area contributed by atoms with Crippen LogP contribution < -0.4 is 5.32 Å². The third kappa shape index (κ3) is 3.95. The first kappa shape index (κ1) is 12.7. The lowest BCUT2D eigenvalue weighted by molar-refractivity contribution is 0.502. The third-order valence-corrected chi connectivity index (χ3v) is 5.24. The van der Waals surface area contributed by atoms with Gasteiger partial charge >= 0.3 is 0 Å². The number of hydrogen-bond acceptors (Lipinski definition) is 3. The lowest BCUT2D eigenvalue weighted by atomic mass is 10.1. The molecule has 1 N–H and O–H groups in total. The summed E-state index contributed by atoms with van der Waals surface area (Å²) >= 11 is 0. The molecule has 1 saturated heterocycles. The molecule has 0 aromatic carbocycles. The highest BCUT2D eigenvalue weighted by atomic mass is 32.2. The molecule has 1 rings (SSSR count). The molecular weight excluding hydrogens is 210 g/mol. The molecule has 0 aromatic heterocycles. The molecule has 15 heavy (non-hydrogen) atoms. The van der Waals surface area contributed by atoms with E-state index in [1.54, 1.807) is 0 Å². The summed E-state index contributed by atoms with van der Waals surface area (Å²) in [4.78, 5) is 0. The van der Waals surface area contributed by atoms with E-state index in [9.17, 15) is 8.42 Å². The van der Waals surface area contributed by atoms with Gasteiger partial charge in [0.25, 0.3) is 0 Å². The third-order valence-electron chi connectivity index (χ3n) is 2.96. The van der Waals surface area contributed by atoms with Crippen LogP contribution in [0.15, 0.2) is 12.7 Å². The highest BCUT2D eigenvalue weighted by Crippen LogP contribution is 2.19. The van der Waals surface area contributed by atoms with Crippen molar-refractivity contribution in [1.82, 2.24) is 5.32 Å². The summed E-state index contributed by atoms with van der Waals surface area (Å²) in [7, 11) is -2.79. The first-order chi connectivity index (χ1) is 7.06. The van der Waals surface area contributed by atoms with Crippen LogP contribution in [-0.2, 0) is 9.84 Å². The van der Waals surface area contributed by atoms with E-state index >= 15 is 0 Å². The summed E-state index contributed by atoms with van der Waals surface area (Å²) < 4.78 is 23.1. The van der Waals surface area contributed by atoms with Crippen LogP contribution in [0.3, 0.4) is 0 Å². The maximum atomic E-state index is 11.5. The molecule has 0 spiro atoms. The summed E-state index contributed by atoms with van der Waals surface area (Å²) in [5.74, 6) is 0.375. The molecule has 1 heterocycles. The van der Waals surface area contributed by atoms with Gasteiger partial charge in [0.1, 0.15) is 0 Å². The smallest absolute Gasteiger partial charge is 0.154 e. The Kier molecular flexibility index (Phi) is 4.80. The van der Waals surface area contributed by atoms with Gasteiger partial charge in [-0.3, -0.25) is 0 Å². The van der Waals surface area contributed by atoms with Crippen LogP contribution in [0.1, 0.15) is 32.6 Å². The Morgan fingerprint density at radius 2 is 2.33 bits per heavy atom. The Morgan fingerprint density at radius 1 is 1.60 bits per heavy atom. The van der Waals surface area contributed by atoms with E-state index in [4.69, 9.17) is 0 Å². The van der Waals surface area contributed by atoms with Crippen molar-refractivity contribution < 1.29 is 8.42 Å². The van der Waals surface area contributed by atoms with E-state index in [0.29, 0.717) is 18.3 Å². The Hall–Kier alpha value is -0.350. The van der Waals surface area contributed by atoms with Crippen molar-refractivity contribution >= 4 is 9.84 Å². The number of allylic oxidation sites excluding steroid dienone is 1. The number of nitrogens with one attached hydrogen (secondary N) is 1. The summed E-state index contributed by atoms with van der Waals surface area (Å²) in [6.07, 6.45) is 5.55. The fraction of sp³-hybridized carbons (Fsp3) is 0.818. The predicted octanol–water partition coefficient (Wildman–Crippen LogP) is 1.51. The molecule has 0 amide bonds. The zero-order valence-electron chi connectivity index (χ0n) is 9.41. The molecule has 1 fully saturated rings. The van der Waals surface area contributed by atoms with Gasteiger partial charge in [0.15, 0.2) is 9.84 Å². The summed E-state index contributed by atoms with van der Waals surface area (Å²) in [6.45, 7) is 6.37. The van der Waals surface area contributed by atoms with Crippen LogP contribution in [0.4, 0.5) is 0 Å². The van der Waals surface area contributed by atoms with Gasteiger partial charge in [0, 0.05) is 12.6 Å². The van der Waals surface area contributed by atoms with E-state index in [-0.39, 0.29) is 5.25 Å². The van der Waals surface area contributed by atoms with Crippen LogP contribution >= 0.6 is 0 Å². The summed E-state index contributed by atoms with van der Waals surface area (Å²) in [6, 6.07) is 0.374. The van der Waals surface area contributed by atoms with E-state index in [1.165, 1.54) is 0 Å². The normalized spacial score (nSPS) is 26.3. The number of hydrogen-bond donors (Lipinski definition) is 1. The molecule has 4 heteroatoms. The molecule has 0 unspecified atom stereocenters. The SMILES string of the molecule is C=CCC[C@@H](C)NC[C@H]1CCCS1(=O)=O. The fourth-order valence-electron chi connectivity index (χ4n) is 1.89. The molecule has 0 radical (unpaired) electrons. The Bertz CT molecular complexity index is 298. The zero-order chi connectivity index (χ0) is 11.3. The van der Waals surface area contributed by atoms with Gasteiger partial charge in [-0.25, -0.2) is 8.42 Å². The molecular formula is C11H21NO2S. The van der Waals surface area contributed by atoms with Gasteiger partial charge < -0.3 is 5.32 Å². The zero-order valence-corrected chi connectivity index (χ0v) is 10.2. The highest BCUT2D eigenvalue weighted by molar-refractivity contribution is 7.92. The molecule has 0 saturated carbocycles. The second-order valence-corrected chi connectivity index (χ2v) is 6.71. The van der Waals surface area contributed by atoms with E-state index < -0.39 is 9.84 Å². The van der Waals surface area contributed by atoms with Gasteiger partial charge in [0.2, 0.25) is 0 Å². The quantitative estimate of drug-likeness (QED) is 0.705. The average molecular weight is 231 g/mol. The molecule has 1 aliphatic rings.